The second-order valence-electron chi connectivity index (χ2n) is 6.26. The number of phenols is 1. The maximum Gasteiger partial charge on any atom is 0.276 e. The summed E-state index contributed by atoms with van der Waals surface area (Å²) in [5.74, 6) is 0.00946. The van der Waals surface area contributed by atoms with E-state index in [1.807, 2.05) is 0 Å². The van der Waals surface area contributed by atoms with Crippen molar-refractivity contribution in [3.05, 3.63) is 90.0 Å². The third kappa shape index (κ3) is 3.96. The Morgan fingerprint density at radius 2 is 1.55 bits per heavy atom. The first-order chi connectivity index (χ1) is 13.9. The largest absolute Gasteiger partial charge is 0.507 e. The van der Waals surface area contributed by atoms with Crippen molar-refractivity contribution >= 4 is 21.6 Å². The number of phenolic OH excluding ortho intramolecular Hbond substituents is 1. The highest BCUT2D eigenvalue weighted by molar-refractivity contribution is 7.92. The van der Waals surface area contributed by atoms with Gasteiger partial charge in [0.05, 0.1) is 16.3 Å². The summed E-state index contributed by atoms with van der Waals surface area (Å²) in [5, 5.41) is 15.3. The molecule has 2 N–H and O–H groups in total. The third-order valence-electron chi connectivity index (χ3n) is 4.29. The van der Waals surface area contributed by atoms with Crippen LogP contribution >= 0.6 is 11.6 Å². The number of rotatable bonds is 5. The van der Waals surface area contributed by atoms with Crippen molar-refractivity contribution in [3.8, 4) is 28.3 Å². The predicted molar refractivity (Wildman–Crippen MR) is 113 cm³/mol. The maximum atomic E-state index is 12.8. The molecule has 0 amide bonds. The lowest BCUT2D eigenvalue weighted by Crippen LogP contribution is -2.25. The first-order valence-corrected chi connectivity index (χ1v) is 10.5. The number of hydrogen-bond acceptors (Lipinski definition) is 4. The van der Waals surface area contributed by atoms with Gasteiger partial charge in [0.1, 0.15) is 5.75 Å². The van der Waals surface area contributed by atoms with Gasteiger partial charge in [-0.25, -0.2) is 0 Å². The number of nitrogens with zero attached hydrogens (tertiary/aromatic N) is 2. The Labute approximate surface area is 173 Å². The molecule has 0 saturated heterocycles. The van der Waals surface area contributed by atoms with Crippen LogP contribution < -0.4 is 4.83 Å². The van der Waals surface area contributed by atoms with Gasteiger partial charge in [-0.2, -0.15) is 23.1 Å². The molecule has 0 radical (unpaired) electrons. The number of nitrogens with one attached hydrogen (secondary N) is 1. The Morgan fingerprint density at radius 3 is 2.24 bits per heavy atom. The first kappa shape index (κ1) is 19.0. The standard InChI is InChI=1S/C21H16ClN3O3S/c22-16-12-10-15(11-13-16)19-14-20(18-8-4-5-9-21(18)26)25(23-19)24-29(27,28)17-6-2-1-3-7-17/h1-14,24,26H. The van der Waals surface area contributed by atoms with Crippen molar-refractivity contribution in [1.82, 2.24) is 9.89 Å². The molecule has 0 aliphatic rings. The Hall–Kier alpha value is -3.29. The van der Waals surface area contributed by atoms with Gasteiger partial charge in [0, 0.05) is 16.1 Å². The number of aromatic nitrogens is 2. The number of para-hydroxylation sites is 1. The van der Waals surface area contributed by atoms with E-state index in [2.05, 4.69) is 9.93 Å². The molecule has 0 spiro atoms. The van der Waals surface area contributed by atoms with Gasteiger partial charge in [0.2, 0.25) is 0 Å². The summed E-state index contributed by atoms with van der Waals surface area (Å²) < 4.78 is 25.6. The van der Waals surface area contributed by atoms with Crippen molar-refractivity contribution < 1.29 is 13.5 Å². The Kier molecular flexibility index (Phi) is 5.00. The van der Waals surface area contributed by atoms with Gasteiger partial charge in [-0.15, -0.1) is 0 Å². The van der Waals surface area contributed by atoms with Crippen molar-refractivity contribution in [1.29, 1.82) is 0 Å². The second kappa shape index (κ2) is 7.62. The molecule has 0 aliphatic carbocycles. The Balaban J connectivity index is 1.83. The minimum atomic E-state index is -3.88. The highest BCUT2D eigenvalue weighted by Crippen LogP contribution is 2.32. The van der Waals surface area contributed by atoms with Crippen LogP contribution in [-0.2, 0) is 10.0 Å². The van der Waals surface area contributed by atoms with E-state index in [1.54, 1.807) is 66.7 Å². The zero-order chi connectivity index (χ0) is 20.4. The molecule has 6 nitrogen and oxygen atoms in total. The quantitative estimate of drug-likeness (QED) is 0.492. The summed E-state index contributed by atoms with van der Waals surface area (Å²) in [4.78, 5) is 3.73. The van der Waals surface area contributed by atoms with Gasteiger partial charge in [0.25, 0.3) is 10.0 Å². The molecule has 1 heterocycles. The van der Waals surface area contributed by atoms with Crippen LogP contribution in [0.15, 0.2) is 89.8 Å². The highest BCUT2D eigenvalue weighted by atomic mass is 35.5. The van der Waals surface area contributed by atoms with Crippen LogP contribution in [0.1, 0.15) is 0 Å². The fourth-order valence-corrected chi connectivity index (χ4v) is 3.97. The average molecular weight is 426 g/mol. The third-order valence-corrected chi connectivity index (χ3v) is 5.85. The SMILES string of the molecule is O=S(=O)(Nn1nc(-c2ccc(Cl)cc2)cc1-c1ccccc1O)c1ccccc1. The number of benzene rings is 3. The van der Waals surface area contributed by atoms with E-state index in [1.165, 1.54) is 18.2 Å². The summed E-state index contributed by atoms with van der Waals surface area (Å²) in [6, 6.07) is 23.4. The molecule has 0 unspecified atom stereocenters. The second-order valence-corrected chi connectivity index (χ2v) is 8.36. The van der Waals surface area contributed by atoms with Gasteiger partial charge in [-0.3, -0.25) is 0 Å². The van der Waals surface area contributed by atoms with E-state index in [0.29, 0.717) is 22.0 Å². The summed E-state index contributed by atoms with van der Waals surface area (Å²) in [6.07, 6.45) is 0. The van der Waals surface area contributed by atoms with Crippen molar-refractivity contribution in [2.45, 2.75) is 4.90 Å². The van der Waals surface area contributed by atoms with Crippen molar-refractivity contribution in [3.63, 3.8) is 0 Å². The zero-order valence-electron chi connectivity index (χ0n) is 15.0. The first-order valence-electron chi connectivity index (χ1n) is 8.66. The number of hydrogen-bond donors (Lipinski definition) is 2. The molecular formula is C21H16ClN3O3S. The topological polar surface area (TPSA) is 84.2 Å². The molecule has 146 valence electrons. The molecule has 0 bridgehead atoms. The molecule has 1 aromatic heterocycles. The van der Waals surface area contributed by atoms with E-state index in [4.69, 9.17) is 11.6 Å². The van der Waals surface area contributed by atoms with Gasteiger partial charge < -0.3 is 5.11 Å². The molecule has 3 aromatic carbocycles. The van der Waals surface area contributed by atoms with Crippen LogP contribution in [0, 0.1) is 0 Å². The lowest BCUT2D eigenvalue weighted by molar-refractivity contribution is 0.476. The Bertz CT molecular complexity index is 1250. The smallest absolute Gasteiger partial charge is 0.276 e. The summed E-state index contributed by atoms with van der Waals surface area (Å²) in [7, 11) is -3.88. The molecular weight excluding hydrogens is 410 g/mol. The van der Waals surface area contributed by atoms with Gasteiger partial charge in [0.15, 0.2) is 0 Å². The summed E-state index contributed by atoms with van der Waals surface area (Å²) in [5.41, 5.74) is 2.11. The zero-order valence-corrected chi connectivity index (χ0v) is 16.6. The number of halogens is 1. The summed E-state index contributed by atoms with van der Waals surface area (Å²) in [6.45, 7) is 0. The molecule has 8 heteroatoms. The monoisotopic (exact) mass is 425 g/mol. The maximum absolute atomic E-state index is 12.8. The van der Waals surface area contributed by atoms with Crippen molar-refractivity contribution in [2.24, 2.45) is 0 Å². The van der Waals surface area contributed by atoms with E-state index in [9.17, 15) is 13.5 Å². The Morgan fingerprint density at radius 1 is 0.897 bits per heavy atom. The molecule has 0 fully saturated rings. The molecule has 0 atom stereocenters. The fraction of sp³-hybridized carbons (Fsp3) is 0. The van der Waals surface area contributed by atoms with Gasteiger partial charge in [-0.1, -0.05) is 54.1 Å². The highest BCUT2D eigenvalue weighted by Gasteiger charge is 2.20. The van der Waals surface area contributed by atoms with Gasteiger partial charge >= 0.3 is 0 Å². The minimum Gasteiger partial charge on any atom is -0.507 e. The molecule has 0 saturated carbocycles. The van der Waals surface area contributed by atoms with E-state index in [-0.39, 0.29) is 10.6 Å². The van der Waals surface area contributed by atoms with Crippen LogP contribution in [0.25, 0.3) is 22.5 Å². The normalized spacial score (nSPS) is 11.3. The number of aromatic hydroxyl groups is 1. The fourth-order valence-electron chi connectivity index (χ4n) is 2.86. The predicted octanol–water partition coefficient (Wildman–Crippen LogP) is 4.51. The van der Waals surface area contributed by atoms with E-state index in [0.717, 1.165) is 10.4 Å². The summed E-state index contributed by atoms with van der Waals surface area (Å²) >= 11 is 5.96. The lowest BCUT2D eigenvalue weighted by atomic mass is 10.1. The number of sulfonamides is 1. The van der Waals surface area contributed by atoms with Crippen molar-refractivity contribution in [2.75, 3.05) is 4.83 Å². The van der Waals surface area contributed by atoms with Crippen LogP contribution in [-0.4, -0.2) is 23.4 Å². The molecule has 29 heavy (non-hydrogen) atoms. The molecule has 4 aromatic rings. The minimum absolute atomic E-state index is 0.00946. The van der Waals surface area contributed by atoms with Crippen LogP contribution in [0.5, 0.6) is 5.75 Å². The van der Waals surface area contributed by atoms with Crippen LogP contribution in [0.3, 0.4) is 0 Å². The molecule has 0 aliphatic heterocycles. The van der Waals surface area contributed by atoms with E-state index >= 15 is 0 Å². The van der Waals surface area contributed by atoms with Crippen LogP contribution in [0.2, 0.25) is 5.02 Å². The van der Waals surface area contributed by atoms with Crippen LogP contribution in [0.4, 0.5) is 0 Å². The average Bonchev–Trinajstić information content (AvgIpc) is 3.12. The lowest BCUT2D eigenvalue weighted by Gasteiger charge is -2.11. The molecule has 4 rings (SSSR count). The van der Waals surface area contributed by atoms with E-state index < -0.39 is 10.0 Å². The van der Waals surface area contributed by atoms with Gasteiger partial charge in [-0.05, 0) is 42.5 Å².